The van der Waals surface area contributed by atoms with Gasteiger partial charge < -0.3 is 9.72 Å². The molecule has 0 saturated carbocycles. The topological polar surface area (TPSA) is 106 Å². The quantitative estimate of drug-likeness (QED) is 0.660. The Morgan fingerprint density at radius 1 is 1.44 bits per heavy atom. The number of hydrogen-bond acceptors (Lipinski definition) is 5. The third kappa shape index (κ3) is 3.08. The Labute approximate surface area is 148 Å². The summed E-state index contributed by atoms with van der Waals surface area (Å²) in [6.07, 6.45) is 2.64. The minimum Gasteiger partial charge on any atom is -0.464 e. The Kier molecular flexibility index (Phi) is 4.44. The minimum atomic E-state index is -3.95. The van der Waals surface area contributed by atoms with Crippen molar-refractivity contribution in [1.82, 2.24) is 14.8 Å². The number of carbonyl (C=O) groups is 1. The van der Waals surface area contributed by atoms with Crippen LogP contribution in [0.25, 0.3) is 10.9 Å². The second kappa shape index (κ2) is 6.41. The summed E-state index contributed by atoms with van der Waals surface area (Å²) in [4.78, 5) is 14.9. The summed E-state index contributed by atoms with van der Waals surface area (Å²) in [6.45, 7) is 2.17. The predicted octanol–water partition coefficient (Wildman–Crippen LogP) is 2.63. The lowest BCUT2D eigenvalue weighted by Gasteiger charge is -2.08. The molecule has 2 N–H and O–H groups in total. The van der Waals surface area contributed by atoms with Gasteiger partial charge in [0, 0.05) is 28.7 Å². The number of esters is 1. The molecule has 25 heavy (non-hydrogen) atoms. The molecule has 132 valence electrons. The van der Waals surface area contributed by atoms with Crippen LogP contribution in [0.1, 0.15) is 17.4 Å². The van der Waals surface area contributed by atoms with Crippen molar-refractivity contribution in [3.05, 3.63) is 41.3 Å². The molecule has 10 heteroatoms. The maximum atomic E-state index is 12.8. The van der Waals surface area contributed by atoms with Gasteiger partial charge in [0.15, 0.2) is 5.69 Å². The number of methoxy groups -OCH3 is 1. The van der Waals surface area contributed by atoms with Gasteiger partial charge in [-0.15, -0.1) is 0 Å². The SMILES string of the molecule is CCn1ncc(NS(=O)(=O)c2c[nH]c3cc(Cl)ccc23)c1C(=O)OC. The van der Waals surface area contributed by atoms with E-state index in [0.717, 1.165) is 0 Å². The van der Waals surface area contributed by atoms with Crippen LogP contribution in [0.5, 0.6) is 0 Å². The van der Waals surface area contributed by atoms with Crippen LogP contribution < -0.4 is 4.72 Å². The van der Waals surface area contributed by atoms with Crippen LogP contribution in [0.15, 0.2) is 35.5 Å². The number of benzene rings is 1. The summed E-state index contributed by atoms with van der Waals surface area (Å²) >= 11 is 5.91. The second-order valence-electron chi connectivity index (χ2n) is 5.16. The molecule has 3 aromatic rings. The van der Waals surface area contributed by atoms with E-state index < -0.39 is 16.0 Å². The van der Waals surface area contributed by atoms with E-state index in [4.69, 9.17) is 16.3 Å². The highest BCUT2D eigenvalue weighted by Gasteiger charge is 2.25. The van der Waals surface area contributed by atoms with Gasteiger partial charge in [-0.2, -0.15) is 5.10 Å². The molecule has 8 nitrogen and oxygen atoms in total. The molecule has 3 rings (SSSR count). The maximum Gasteiger partial charge on any atom is 0.358 e. The summed E-state index contributed by atoms with van der Waals surface area (Å²) in [5, 5.41) is 4.98. The monoisotopic (exact) mass is 382 g/mol. The molecule has 0 amide bonds. The molecule has 0 saturated heterocycles. The number of sulfonamides is 1. The zero-order valence-corrected chi connectivity index (χ0v) is 15.0. The zero-order valence-electron chi connectivity index (χ0n) is 13.4. The fraction of sp³-hybridized carbons (Fsp3) is 0.200. The van der Waals surface area contributed by atoms with Gasteiger partial charge >= 0.3 is 5.97 Å². The van der Waals surface area contributed by atoms with E-state index in [-0.39, 0.29) is 16.3 Å². The summed E-state index contributed by atoms with van der Waals surface area (Å²) in [5.41, 5.74) is 0.679. The smallest absolute Gasteiger partial charge is 0.358 e. The van der Waals surface area contributed by atoms with Gasteiger partial charge in [-0.25, -0.2) is 13.2 Å². The summed E-state index contributed by atoms with van der Waals surface area (Å²) < 4.78 is 34.0. The molecule has 0 unspecified atom stereocenters. The molecule has 0 aliphatic heterocycles. The average molecular weight is 383 g/mol. The third-order valence-electron chi connectivity index (χ3n) is 3.66. The van der Waals surface area contributed by atoms with E-state index in [2.05, 4.69) is 14.8 Å². The molecule has 0 fully saturated rings. The Balaban J connectivity index is 2.05. The normalized spacial score (nSPS) is 11.6. The number of hydrogen-bond donors (Lipinski definition) is 2. The summed E-state index contributed by atoms with van der Waals surface area (Å²) in [7, 11) is -2.73. The van der Waals surface area contributed by atoms with Crippen molar-refractivity contribution in [1.29, 1.82) is 0 Å². The number of nitrogens with one attached hydrogen (secondary N) is 2. The molecular formula is C15H15ClN4O4S. The van der Waals surface area contributed by atoms with E-state index in [1.165, 1.54) is 24.2 Å². The number of aryl methyl sites for hydroxylation is 1. The number of aromatic nitrogens is 3. The van der Waals surface area contributed by atoms with Crippen LogP contribution in [0.4, 0.5) is 5.69 Å². The molecule has 2 heterocycles. The van der Waals surface area contributed by atoms with Crippen molar-refractivity contribution in [3.63, 3.8) is 0 Å². The fourth-order valence-corrected chi connectivity index (χ4v) is 3.91. The number of carbonyl (C=O) groups excluding carboxylic acids is 1. The molecular weight excluding hydrogens is 368 g/mol. The first-order valence-electron chi connectivity index (χ1n) is 7.31. The molecule has 0 aliphatic carbocycles. The van der Waals surface area contributed by atoms with E-state index in [1.54, 1.807) is 25.1 Å². The van der Waals surface area contributed by atoms with Crippen molar-refractivity contribution >= 4 is 44.2 Å². The van der Waals surface area contributed by atoms with Gasteiger partial charge in [0.05, 0.1) is 13.3 Å². The highest BCUT2D eigenvalue weighted by atomic mass is 35.5. The highest BCUT2D eigenvalue weighted by molar-refractivity contribution is 7.93. The van der Waals surface area contributed by atoms with Gasteiger partial charge in [-0.1, -0.05) is 11.6 Å². The van der Waals surface area contributed by atoms with Crippen LogP contribution in [-0.4, -0.2) is 36.3 Å². The lowest BCUT2D eigenvalue weighted by molar-refractivity contribution is 0.0588. The number of H-pyrrole nitrogens is 1. The largest absolute Gasteiger partial charge is 0.464 e. The Hall–Kier alpha value is -2.52. The first-order chi connectivity index (χ1) is 11.9. The van der Waals surface area contributed by atoms with Crippen LogP contribution >= 0.6 is 11.6 Å². The van der Waals surface area contributed by atoms with E-state index in [9.17, 15) is 13.2 Å². The van der Waals surface area contributed by atoms with Crippen molar-refractivity contribution in [2.24, 2.45) is 0 Å². The van der Waals surface area contributed by atoms with Gasteiger partial charge in [-0.05, 0) is 25.1 Å². The predicted molar refractivity (Wildman–Crippen MR) is 93.4 cm³/mol. The number of rotatable bonds is 5. The molecule has 0 spiro atoms. The highest BCUT2D eigenvalue weighted by Crippen LogP contribution is 2.28. The van der Waals surface area contributed by atoms with Crippen molar-refractivity contribution < 1.29 is 17.9 Å². The van der Waals surface area contributed by atoms with Crippen LogP contribution in [-0.2, 0) is 21.3 Å². The molecule has 0 radical (unpaired) electrons. The van der Waals surface area contributed by atoms with E-state index in [0.29, 0.717) is 22.5 Å². The number of ether oxygens (including phenoxy) is 1. The summed E-state index contributed by atoms with van der Waals surface area (Å²) in [6, 6.07) is 4.84. The molecule has 1 aromatic carbocycles. The molecule has 2 aromatic heterocycles. The Morgan fingerprint density at radius 2 is 2.20 bits per heavy atom. The fourth-order valence-electron chi connectivity index (χ4n) is 2.51. The van der Waals surface area contributed by atoms with Gasteiger partial charge in [-0.3, -0.25) is 9.40 Å². The minimum absolute atomic E-state index is 0.0384. The third-order valence-corrected chi connectivity index (χ3v) is 5.30. The van der Waals surface area contributed by atoms with Gasteiger partial charge in [0.2, 0.25) is 0 Å². The van der Waals surface area contributed by atoms with Crippen molar-refractivity contribution in [2.75, 3.05) is 11.8 Å². The van der Waals surface area contributed by atoms with Gasteiger partial charge in [0.25, 0.3) is 10.0 Å². The maximum absolute atomic E-state index is 12.8. The van der Waals surface area contributed by atoms with Crippen LogP contribution in [0.2, 0.25) is 5.02 Å². The molecule has 0 atom stereocenters. The number of fused-ring (bicyclic) bond motifs is 1. The van der Waals surface area contributed by atoms with Crippen molar-refractivity contribution in [2.45, 2.75) is 18.4 Å². The lowest BCUT2D eigenvalue weighted by atomic mass is 10.2. The zero-order chi connectivity index (χ0) is 18.2. The van der Waals surface area contributed by atoms with Crippen LogP contribution in [0.3, 0.4) is 0 Å². The number of nitrogens with zero attached hydrogens (tertiary/aromatic N) is 2. The van der Waals surface area contributed by atoms with E-state index >= 15 is 0 Å². The standard InChI is InChI=1S/C15H15ClN4O4S/c1-3-20-14(15(21)24-2)12(7-18-20)19-25(22,23)13-8-17-11-6-9(16)4-5-10(11)13/h4-8,17,19H,3H2,1-2H3. The first kappa shape index (κ1) is 17.3. The Morgan fingerprint density at radius 3 is 2.88 bits per heavy atom. The molecule has 0 bridgehead atoms. The lowest BCUT2D eigenvalue weighted by Crippen LogP contribution is -2.17. The number of aromatic amines is 1. The first-order valence-corrected chi connectivity index (χ1v) is 9.17. The number of anilines is 1. The molecule has 0 aliphatic rings. The van der Waals surface area contributed by atoms with Gasteiger partial charge in [0.1, 0.15) is 10.6 Å². The van der Waals surface area contributed by atoms with E-state index in [1.807, 2.05) is 0 Å². The van der Waals surface area contributed by atoms with Crippen LogP contribution in [0, 0.1) is 0 Å². The average Bonchev–Trinajstić information content (AvgIpc) is 3.17. The second-order valence-corrected chi connectivity index (χ2v) is 7.25. The Bertz CT molecular complexity index is 1050. The summed E-state index contributed by atoms with van der Waals surface area (Å²) in [5.74, 6) is -0.678. The number of halogens is 1. The van der Waals surface area contributed by atoms with Crippen molar-refractivity contribution in [3.8, 4) is 0 Å².